The van der Waals surface area contributed by atoms with Crippen molar-refractivity contribution in [1.29, 1.82) is 0 Å². The van der Waals surface area contributed by atoms with Gasteiger partial charge in [-0.2, -0.15) is 0 Å². The molecule has 0 heterocycles. The summed E-state index contributed by atoms with van der Waals surface area (Å²) in [7, 11) is 6.66. The third kappa shape index (κ3) is 4.84. The first-order valence-corrected chi connectivity index (χ1v) is 8.94. The first-order valence-electron chi connectivity index (χ1n) is 8.94. The Balaban J connectivity index is 2.04. The summed E-state index contributed by atoms with van der Waals surface area (Å²) >= 11 is 0. The quantitative estimate of drug-likeness (QED) is 0.646. The van der Waals surface area contributed by atoms with Crippen LogP contribution in [-0.4, -0.2) is 28.4 Å². The Morgan fingerprint density at radius 2 is 0.923 bits per heavy atom. The van der Waals surface area contributed by atoms with Crippen LogP contribution in [0.5, 0.6) is 23.0 Å². The maximum absolute atomic E-state index is 5.41. The normalized spacial score (nSPS) is 13.0. The zero-order valence-electron chi connectivity index (χ0n) is 16.7. The fourth-order valence-corrected chi connectivity index (χ4v) is 3.16. The van der Waals surface area contributed by atoms with Crippen LogP contribution in [0.15, 0.2) is 36.4 Å². The van der Waals surface area contributed by atoms with Crippen molar-refractivity contribution in [3.8, 4) is 23.0 Å². The molecule has 0 fully saturated rings. The topological polar surface area (TPSA) is 36.9 Å². The smallest absolute Gasteiger partial charge is 0.160 e. The van der Waals surface area contributed by atoms with Crippen LogP contribution in [-0.2, 0) is 12.8 Å². The van der Waals surface area contributed by atoms with E-state index >= 15 is 0 Å². The molecule has 0 aliphatic rings. The molecule has 0 aliphatic heterocycles. The highest BCUT2D eigenvalue weighted by Gasteiger charge is 2.16. The van der Waals surface area contributed by atoms with Crippen molar-refractivity contribution < 1.29 is 18.9 Å². The van der Waals surface area contributed by atoms with Gasteiger partial charge in [0.25, 0.3) is 0 Å². The maximum atomic E-state index is 5.41. The van der Waals surface area contributed by atoms with E-state index in [4.69, 9.17) is 18.9 Å². The summed E-state index contributed by atoms with van der Waals surface area (Å²) in [6.07, 6.45) is 1.99. The lowest BCUT2D eigenvalue weighted by Gasteiger charge is -2.21. The molecule has 4 nitrogen and oxygen atoms in total. The highest BCUT2D eigenvalue weighted by Crippen LogP contribution is 2.32. The van der Waals surface area contributed by atoms with Crippen LogP contribution in [0.1, 0.15) is 25.0 Å². The van der Waals surface area contributed by atoms with Crippen LogP contribution in [0, 0.1) is 11.8 Å². The molecule has 0 unspecified atom stereocenters. The molecule has 2 atom stereocenters. The second-order valence-corrected chi connectivity index (χ2v) is 6.74. The summed E-state index contributed by atoms with van der Waals surface area (Å²) in [6, 6.07) is 12.3. The third-order valence-corrected chi connectivity index (χ3v) is 4.98. The monoisotopic (exact) mass is 358 g/mol. The van der Waals surface area contributed by atoms with E-state index in [0.717, 1.165) is 35.8 Å². The molecule has 2 aromatic carbocycles. The van der Waals surface area contributed by atoms with Gasteiger partial charge in [-0.1, -0.05) is 26.0 Å². The lowest BCUT2D eigenvalue weighted by atomic mass is 9.85. The van der Waals surface area contributed by atoms with Gasteiger partial charge in [0.15, 0.2) is 23.0 Å². The van der Waals surface area contributed by atoms with Crippen molar-refractivity contribution in [2.75, 3.05) is 28.4 Å². The standard InChI is InChI=1S/C22H30O4/c1-15(11-17-7-9-19(23-3)21(13-17)25-5)16(2)12-18-8-10-20(24-4)22(14-18)26-6/h7-10,13-16H,11-12H2,1-6H3/t15-,16-/m0/s1. The van der Waals surface area contributed by atoms with Gasteiger partial charge in [-0.05, 0) is 60.1 Å². The molecule has 2 aromatic rings. The summed E-state index contributed by atoms with van der Waals surface area (Å²) in [5.74, 6) is 4.15. The fraction of sp³-hybridized carbons (Fsp3) is 0.455. The Morgan fingerprint density at radius 3 is 1.23 bits per heavy atom. The van der Waals surface area contributed by atoms with E-state index in [-0.39, 0.29) is 0 Å². The zero-order valence-corrected chi connectivity index (χ0v) is 16.7. The summed E-state index contributed by atoms with van der Waals surface area (Å²) in [5.41, 5.74) is 2.52. The lowest BCUT2D eigenvalue weighted by Crippen LogP contribution is -2.14. The van der Waals surface area contributed by atoms with Crippen LogP contribution < -0.4 is 18.9 Å². The van der Waals surface area contributed by atoms with Gasteiger partial charge in [0.1, 0.15) is 0 Å². The van der Waals surface area contributed by atoms with Crippen LogP contribution in [0.3, 0.4) is 0 Å². The first kappa shape index (κ1) is 20.0. The minimum absolute atomic E-state index is 0.529. The second kappa shape index (κ2) is 9.37. The summed E-state index contributed by atoms with van der Waals surface area (Å²) in [6.45, 7) is 4.59. The molecule has 0 amide bonds. The predicted molar refractivity (Wildman–Crippen MR) is 105 cm³/mol. The number of ether oxygens (including phenoxy) is 4. The predicted octanol–water partition coefficient (Wildman–Crippen LogP) is 4.78. The van der Waals surface area contributed by atoms with E-state index in [2.05, 4.69) is 38.1 Å². The molecule has 0 N–H and O–H groups in total. The number of benzene rings is 2. The van der Waals surface area contributed by atoms with Crippen molar-refractivity contribution in [3.63, 3.8) is 0 Å². The van der Waals surface area contributed by atoms with Crippen molar-refractivity contribution in [1.82, 2.24) is 0 Å². The Labute approximate surface area is 157 Å². The average Bonchev–Trinajstić information content (AvgIpc) is 2.67. The second-order valence-electron chi connectivity index (χ2n) is 6.74. The molecular weight excluding hydrogens is 328 g/mol. The van der Waals surface area contributed by atoms with Crippen molar-refractivity contribution in [2.45, 2.75) is 26.7 Å². The van der Waals surface area contributed by atoms with Gasteiger partial charge >= 0.3 is 0 Å². The van der Waals surface area contributed by atoms with Crippen molar-refractivity contribution in [2.24, 2.45) is 11.8 Å². The number of methoxy groups -OCH3 is 4. The Kier molecular flexibility index (Phi) is 7.19. The van der Waals surface area contributed by atoms with Crippen LogP contribution in [0.25, 0.3) is 0 Å². The minimum Gasteiger partial charge on any atom is -0.493 e. The first-order chi connectivity index (χ1) is 12.5. The van der Waals surface area contributed by atoms with E-state index in [1.165, 1.54) is 11.1 Å². The summed E-state index contributed by atoms with van der Waals surface area (Å²) < 4.78 is 21.5. The Hall–Kier alpha value is -2.36. The SMILES string of the molecule is COc1ccc(C[C@H](C)[C@@H](C)Cc2ccc(OC)c(OC)c2)cc1OC. The van der Waals surface area contributed by atoms with Gasteiger partial charge in [-0.25, -0.2) is 0 Å². The average molecular weight is 358 g/mol. The molecule has 0 bridgehead atoms. The van der Waals surface area contributed by atoms with Gasteiger partial charge in [0.05, 0.1) is 28.4 Å². The Morgan fingerprint density at radius 1 is 0.577 bits per heavy atom. The van der Waals surface area contributed by atoms with Crippen LogP contribution in [0.2, 0.25) is 0 Å². The molecule has 0 aliphatic carbocycles. The molecule has 0 spiro atoms. The third-order valence-electron chi connectivity index (χ3n) is 4.98. The van der Waals surface area contributed by atoms with Crippen LogP contribution >= 0.6 is 0 Å². The highest BCUT2D eigenvalue weighted by molar-refractivity contribution is 5.44. The number of hydrogen-bond donors (Lipinski definition) is 0. The van der Waals surface area contributed by atoms with E-state index in [9.17, 15) is 0 Å². The van der Waals surface area contributed by atoms with Gasteiger partial charge < -0.3 is 18.9 Å². The van der Waals surface area contributed by atoms with Crippen molar-refractivity contribution in [3.05, 3.63) is 47.5 Å². The highest BCUT2D eigenvalue weighted by atomic mass is 16.5. The number of hydrogen-bond acceptors (Lipinski definition) is 4. The molecule has 0 saturated carbocycles. The maximum Gasteiger partial charge on any atom is 0.160 e. The summed E-state index contributed by atoms with van der Waals surface area (Å²) in [5, 5.41) is 0. The largest absolute Gasteiger partial charge is 0.493 e. The number of rotatable bonds is 9. The molecule has 0 saturated heterocycles. The molecular formula is C22H30O4. The van der Waals surface area contributed by atoms with Crippen molar-refractivity contribution >= 4 is 0 Å². The molecule has 4 heteroatoms. The Bertz CT molecular complexity index is 650. The van der Waals surface area contributed by atoms with Gasteiger partial charge in [0, 0.05) is 0 Å². The molecule has 142 valence electrons. The lowest BCUT2D eigenvalue weighted by molar-refractivity contribution is 0.350. The molecule has 26 heavy (non-hydrogen) atoms. The minimum atomic E-state index is 0.529. The van der Waals surface area contributed by atoms with E-state index in [1.54, 1.807) is 28.4 Å². The van der Waals surface area contributed by atoms with E-state index < -0.39 is 0 Å². The van der Waals surface area contributed by atoms with Crippen LogP contribution in [0.4, 0.5) is 0 Å². The van der Waals surface area contributed by atoms with Gasteiger partial charge in [-0.15, -0.1) is 0 Å². The molecule has 0 aromatic heterocycles. The molecule has 0 radical (unpaired) electrons. The van der Waals surface area contributed by atoms with Gasteiger partial charge in [-0.3, -0.25) is 0 Å². The fourth-order valence-electron chi connectivity index (χ4n) is 3.16. The van der Waals surface area contributed by atoms with E-state index in [0.29, 0.717) is 11.8 Å². The van der Waals surface area contributed by atoms with Gasteiger partial charge in [0.2, 0.25) is 0 Å². The van der Waals surface area contributed by atoms with E-state index in [1.807, 2.05) is 12.1 Å². The summed E-state index contributed by atoms with van der Waals surface area (Å²) in [4.78, 5) is 0. The molecule has 2 rings (SSSR count). The zero-order chi connectivity index (χ0) is 19.1.